The summed E-state index contributed by atoms with van der Waals surface area (Å²) in [7, 11) is 0. The molecule has 150 valence electrons. The van der Waals surface area contributed by atoms with E-state index in [0.29, 0.717) is 3.57 Å². The number of hydrogen-bond acceptors (Lipinski definition) is 4. The molecule has 0 aliphatic heterocycles. The molecule has 0 fully saturated rings. The number of pyridine rings is 1. The third kappa shape index (κ3) is 6.36. The first-order chi connectivity index (χ1) is 13.1. The Morgan fingerprint density at radius 3 is 2.46 bits per heavy atom. The van der Waals surface area contributed by atoms with E-state index in [-0.39, 0.29) is 34.6 Å². The number of anilines is 1. The van der Waals surface area contributed by atoms with Crippen molar-refractivity contribution in [3.63, 3.8) is 0 Å². The number of hydrogen-bond donors (Lipinski definition) is 2. The Balaban J connectivity index is 2.16. The summed E-state index contributed by atoms with van der Waals surface area (Å²) in [5, 5.41) is 5.32. The van der Waals surface area contributed by atoms with Crippen LogP contribution in [0.25, 0.3) is 0 Å². The Bertz CT molecular complexity index is 855. The van der Waals surface area contributed by atoms with Crippen molar-refractivity contribution < 1.29 is 27.5 Å². The zero-order valence-corrected chi connectivity index (χ0v) is 17.1. The second-order valence-electron chi connectivity index (χ2n) is 6.03. The summed E-state index contributed by atoms with van der Waals surface area (Å²) in [4.78, 5) is 28.8. The molecule has 10 heteroatoms. The maximum Gasteiger partial charge on any atom is 0.422 e. The van der Waals surface area contributed by atoms with Crippen LogP contribution < -0.4 is 15.4 Å². The minimum Gasteiger partial charge on any atom is -0.468 e. The van der Waals surface area contributed by atoms with Crippen molar-refractivity contribution in [1.29, 1.82) is 0 Å². The Hall–Kier alpha value is -2.37. The standard InChI is InChI=1S/C18H17F3IN3O3/c1-10(2)24-16(26)12-4-3-5-13(22)15(12)17(27)25-11-6-7-14(23-8-11)28-9-18(19,20)21/h3-8,10H,9H2,1-2H3,(H,24,26)(H,25,27). The van der Waals surface area contributed by atoms with Gasteiger partial charge in [0.2, 0.25) is 5.88 Å². The molecule has 0 saturated heterocycles. The van der Waals surface area contributed by atoms with Crippen LogP contribution in [0.3, 0.4) is 0 Å². The first kappa shape index (κ1) is 21.9. The highest BCUT2D eigenvalue weighted by atomic mass is 127. The first-order valence-corrected chi connectivity index (χ1v) is 9.21. The van der Waals surface area contributed by atoms with Gasteiger partial charge in [-0.2, -0.15) is 13.2 Å². The number of carbonyl (C=O) groups is 2. The van der Waals surface area contributed by atoms with E-state index in [1.54, 1.807) is 32.0 Å². The first-order valence-electron chi connectivity index (χ1n) is 8.13. The van der Waals surface area contributed by atoms with Crippen molar-refractivity contribution in [2.75, 3.05) is 11.9 Å². The van der Waals surface area contributed by atoms with E-state index < -0.39 is 18.7 Å². The van der Waals surface area contributed by atoms with Crippen LogP contribution in [0.2, 0.25) is 0 Å². The lowest BCUT2D eigenvalue weighted by atomic mass is 10.1. The molecule has 0 unspecified atom stereocenters. The molecule has 2 N–H and O–H groups in total. The smallest absolute Gasteiger partial charge is 0.422 e. The fourth-order valence-corrected chi connectivity index (χ4v) is 2.92. The number of aromatic nitrogens is 1. The highest BCUT2D eigenvalue weighted by Gasteiger charge is 2.28. The van der Waals surface area contributed by atoms with Crippen molar-refractivity contribution in [1.82, 2.24) is 10.3 Å². The molecule has 0 spiro atoms. The molecule has 2 rings (SSSR count). The molecule has 2 aromatic rings. The molecule has 1 aromatic heterocycles. The maximum absolute atomic E-state index is 12.7. The van der Waals surface area contributed by atoms with Crippen LogP contribution >= 0.6 is 22.6 Å². The molecular weight excluding hydrogens is 490 g/mol. The molecular formula is C18H17F3IN3O3. The van der Waals surface area contributed by atoms with Gasteiger partial charge in [0.25, 0.3) is 11.8 Å². The van der Waals surface area contributed by atoms with Crippen molar-refractivity contribution in [3.05, 3.63) is 51.2 Å². The number of benzene rings is 1. The lowest BCUT2D eigenvalue weighted by Gasteiger charge is -2.14. The molecule has 2 amide bonds. The van der Waals surface area contributed by atoms with Crippen LogP contribution in [0.1, 0.15) is 34.6 Å². The van der Waals surface area contributed by atoms with Crippen molar-refractivity contribution in [3.8, 4) is 5.88 Å². The monoisotopic (exact) mass is 507 g/mol. The summed E-state index contributed by atoms with van der Waals surface area (Å²) in [6, 6.07) is 7.37. The Morgan fingerprint density at radius 2 is 1.89 bits per heavy atom. The van der Waals surface area contributed by atoms with Crippen LogP contribution in [-0.4, -0.2) is 35.6 Å². The summed E-state index contributed by atoms with van der Waals surface area (Å²) in [5.41, 5.74) is 0.661. The Kier molecular flexibility index (Phi) is 7.22. The Labute approximate surface area is 173 Å². The van der Waals surface area contributed by atoms with Crippen LogP contribution in [0.4, 0.5) is 18.9 Å². The van der Waals surface area contributed by atoms with E-state index in [4.69, 9.17) is 0 Å². The number of nitrogens with one attached hydrogen (secondary N) is 2. The molecule has 0 bridgehead atoms. The fourth-order valence-electron chi connectivity index (χ4n) is 2.17. The number of rotatable bonds is 6. The molecule has 6 nitrogen and oxygen atoms in total. The summed E-state index contributed by atoms with van der Waals surface area (Å²) in [5.74, 6) is -1.14. The van der Waals surface area contributed by atoms with Gasteiger partial charge in [-0.05, 0) is 54.6 Å². The summed E-state index contributed by atoms with van der Waals surface area (Å²) in [6.07, 6.45) is -3.29. The van der Waals surface area contributed by atoms with Gasteiger partial charge in [0, 0.05) is 15.7 Å². The van der Waals surface area contributed by atoms with Gasteiger partial charge in [0.05, 0.1) is 23.0 Å². The largest absolute Gasteiger partial charge is 0.468 e. The highest BCUT2D eigenvalue weighted by Crippen LogP contribution is 2.21. The summed E-state index contributed by atoms with van der Waals surface area (Å²) < 4.78 is 41.6. The third-order valence-corrected chi connectivity index (χ3v) is 4.18. The topological polar surface area (TPSA) is 80.3 Å². The number of halogens is 4. The number of amides is 2. The Morgan fingerprint density at radius 1 is 1.18 bits per heavy atom. The van der Waals surface area contributed by atoms with Gasteiger partial charge in [-0.15, -0.1) is 0 Å². The SMILES string of the molecule is CC(C)NC(=O)c1cccc(I)c1C(=O)Nc1ccc(OCC(F)(F)F)nc1. The zero-order valence-electron chi connectivity index (χ0n) is 14.9. The number of ether oxygens (including phenoxy) is 1. The summed E-state index contributed by atoms with van der Waals surface area (Å²) >= 11 is 1.95. The molecule has 0 atom stereocenters. The second-order valence-corrected chi connectivity index (χ2v) is 7.20. The average Bonchev–Trinajstić information content (AvgIpc) is 2.59. The van der Waals surface area contributed by atoms with Crippen molar-refractivity contribution in [2.24, 2.45) is 0 Å². The zero-order chi connectivity index (χ0) is 20.9. The van der Waals surface area contributed by atoms with Gasteiger partial charge in [0.1, 0.15) is 0 Å². The third-order valence-electron chi connectivity index (χ3n) is 3.28. The molecule has 0 radical (unpaired) electrons. The van der Waals surface area contributed by atoms with Crippen LogP contribution in [0, 0.1) is 3.57 Å². The molecule has 0 aliphatic carbocycles. The molecule has 28 heavy (non-hydrogen) atoms. The van der Waals surface area contributed by atoms with Crippen LogP contribution in [0.5, 0.6) is 5.88 Å². The van der Waals surface area contributed by atoms with Crippen molar-refractivity contribution >= 4 is 40.1 Å². The lowest BCUT2D eigenvalue weighted by molar-refractivity contribution is -0.154. The quantitative estimate of drug-likeness (QED) is 0.580. The average molecular weight is 507 g/mol. The van der Waals surface area contributed by atoms with E-state index in [2.05, 4.69) is 20.4 Å². The van der Waals surface area contributed by atoms with Gasteiger partial charge in [-0.25, -0.2) is 4.98 Å². The summed E-state index contributed by atoms with van der Waals surface area (Å²) in [6.45, 7) is 2.15. The van der Waals surface area contributed by atoms with E-state index in [9.17, 15) is 22.8 Å². The molecule has 1 aromatic carbocycles. The van der Waals surface area contributed by atoms with E-state index in [0.717, 1.165) is 0 Å². The molecule has 1 heterocycles. The fraction of sp³-hybridized carbons (Fsp3) is 0.278. The van der Waals surface area contributed by atoms with Gasteiger partial charge in [0.15, 0.2) is 6.61 Å². The second kappa shape index (κ2) is 9.22. The number of alkyl halides is 3. The molecule has 0 aliphatic rings. The molecule has 0 saturated carbocycles. The van der Waals surface area contributed by atoms with Gasteiger partial charge < -0.3 is 15.4 Å². The van der Waals surface area contributed by atoms with E-state index in [1.807, 2.05) is 22.6 Å². The van der Waals surface area contributed by atoms with Crippen molar-refractivity contribution in [2.45, 2.75) is 26.1 Å². The number of carbonyl (C=O) groups excluding carboxylic acids is 2. The van der Waals surface area contributed by atoms with E-state index in [1.165, 1.54) is 18.3 Å². The van der Waals surface area contributed by atoms with Gasteiger partial charge in [-0.1, -0.05) is 6.07 Å². The van der Waals surface area contributed by atoms with Crippen LogP contribution in [0.15, 0.2) is 36.5 Å². The predicted molar refractivity (Wildman–Crippen MR) is 106 cm³/mol. The minimum absolute atomic E-state index is 0.102. The normalized spacial score (nSPS) is 11.2. The van der Waals surface area contributed by atoms with Gasteiger partial charge >= 0.3 is 6.18 Å². The highest BCUT2D eigenvalue weighted by molar-refractivity contribution is 14.1. The number of nitrogens with zero attached hydrogens (tertiary/aromatic N) is 1. The predicted octanol–water partition coefficient (Wildman–Crippen LogP) is 4.02. The minimum atomic E-state index is -4.47. The maximum atomic E-state index is 12.7. The van der Waals surface area contributed by atoms with Crippen LogP contribution in [-0.2, 0) is 0 Å². The van der Waals surface area contributed by atoms with Gasteiger partial charge in [-0.3, -0.25) is 9.59 Å². The lowest BCUT2D eigenvalue weighted by Crippen LogP contribution is -2.32. The van der Waals surface area contributed by atoms with E-state index >= 15 is 0 Å².